The molecule has 0 saturated carbocycles. The van der Waals surface area contributed by atoms with Crippen LogP contribution in [0.3, 0.4) is 0 Å². The fourth-order valence-electron chi connectivity index (χ4n) is 3.39. The van der Waals surface area contributed by atoms with Crippen LogP contribution in [0, 0.1) is 6.92 Å². The molecule has 4 rings (SSSR count). The number of nitrogens with zero attached hydrogens (tertiary/aromatic N) is 2. The lowest BCUT2D eigenvalue weighted by molar-refractivity contribution is 0.0523. The standard InChI is InChI=1S/C21H20BN3O6/c1-3-29-21(27)16-9-5-6-13-11-17(22(28)30-18(13)16)24-20(26)15-8-4-7-14(10-15)19-23-12(2)31-25-19/h4-10,17,28H,3,11H2,1-2H3,(H,24,26)/t17-/m0/s1. The van der Waals surface area contributed by atoms with E-state index in [-0.39, 0.29) is 23.8 Å². The summed E-state index contributed by atoms with van der Waals surface area (Å²) in [4.78, 5) is 29.1. The number of carbonyl (C=O) groups excluding carboxylic acids is 2. The Balaban J connectivity index is 1.52. The lowest BCUT2D eigenvalue weighted by Crippen LogP contribution is -2.53. The van der Waals surface area contributed by atoms with Gasteiger partial charge in [0.05, 0.1) is 12.5 Å². The van der Waals surface area contributed by atoms with Crippen molar-refractivity contribution in [3.05, 3.63) is 65.0 Å². The van der Waals surface area contributed by atoms with Crippen LogP contribution >= 0.6 is 0 Å². The monoisotopic (exact) mass is 421 g/mol. The molecule has 10 heteroatoms. The number of esters is 1. The highest BCUT2D eigenvalue weighted by molar-refractivity contribution is 6.47. The van der Waals surface area contributed by atoms with Gasteiger partial charge in [-0.25, -0.2) is 4.79 Å². The quantitative estimate of drug-likeness (QED) is 0.474. The summed E-state index contributed by atoms with van der Waals surface area (Å²) < 4.78 is 15.6. The fraction of sp³-hybridized carbons (Fsp3) is 0.238. The van der Waals surface area contributed by atoms with Gasteiger partial charge in [-0.15, -0.1) is 0 Å². The topological polar surface area (TPSA) is 124 Å². The van der Waals surface area contributed by atoms with E-state index in [9.17, 15) is 14.6 Å². The summed E-state index contributed by atoms with van der Waals surface area (Å²) in [6.07, 6.45) is 0.291. The molecule has 0 spiro atoms. The number of hydrogen-bond acceptors (Lipinski definition) is 8. The van der Waals surface area contributed by atoms with Crippen LogP contribution in [0.1, 0.15) is 39.1 Å². The zero-order valence-electron chi connectivity index (χ0n) is 17.0. The number of rotatable bonds is 5. The second kappa shape index (κ2) is 8.61. The van der Waals surface area contributed by atoms with E-state index < -0.39 is 19.0 Å². The number of aromatic nitrogens is 2. The summed E-state index contributed by atoms with van der Waals surface area (Å²) in [7, 11) is -1.32. The Labute approximate surface area is 178 Å². The average Bonchev–Trinajstić information content (AvgIpc) is 3.20. The van der Waals surface area contributed by atoms with Gasteiger partial charge < -0.3 is 24.3 Å². The number of nitrogens with one attached hydrogen (secondary N) is 1. The summed E-state index contributed by atoms with van der Waals surface area (Å²) >= 11 is 0. The molecule has 1 aromatic heterocycles. The van der Waals surface area contributed by atoms with Crippen LogP contribution < -0.4 is 9.97 Å². The smallest absolute Gasteiger partial charge is 0.534 e. The SMILES string of the molecule is CCOC(=O)c1cccc2c1OB(O)[C@@H](NC(=O)c1cccc(-c3noc(C)n3)c1)C2. The van der Waals surface area contributed by atoms with Gasteiger partial charge in [0.1, 0.15) is 11.3 Å². The van der Waals surface area contributed by atoms with Crippen molar-refractivity contribution in [2.75, 3.05) is 6.61 Å². The van der Waals surface area contributed by atoms with E-state index in [4.69, 9.17) is 13.9 Å². The van der Waals surface area contributed by atoms with Crippen LogP contribution in [-0.4, -0.2) is 46.7 Å². The normalized spacial score (nSPS) is 15.1. The molecule has 0 bridgehead atoms. The van der Waals surface area contributed by atoms with Gasteiger partial charge in [-0.1, -0.05) is 29.4 Å². The third-order valence-electron chi connectivity index (χ3n) is 4.84. The molecule has 2 N–H and O–H groups in total. The van der Waals surface area contributed by atoms with Crippen molar-refractivity contribution in [3.8, 4) is 17.1 Å². The summed E-state index contributed by atoms with van der Waals surface area (Å²) in [5, 5.41) is 17.1. The number of benzene rings is 2. The largest absolute Gasteiger partial charge is 0.547 e. The molecule has 1 aliphatic rings. The summed E-state index contributed by atoms with van der Waals surface area (Å²) in [5.41, 5.74) is 1.94. The number of aryl methyl sites for hydroxylation is 1. The number of para-hydroxylation sites is 1. The summed E-state index contributed by atoms with van der Waals surface area (Å²) in [6, 6.07) is 11.8. The van der Waals surface area contributed by atoms with Crippen molar-refractivity contribution in [2.24, 2.45) is 0 Å². The van der Waals surface area contributed by atoms with E-state index in [1.54, 1.807) is 56.3 Å². The Kier molecular flexibility index (Phi) is 5.72. The van der Waals surface area contributed by atoms with Crippen LogP contribution in [0.25, 0.3) is 11.4 Å². The predicted molar refractivity (Wildman–Crippen MR) is 110 cm³/mol. The predicted octanol–water partition coefficient (Wildman–Crippen LogP) is 1.97. The van der Waals surface area contributed by atoms with Crippen molar-refractivity contribution in [1.29, 1.82) is 0 Å². The van der Waals surface area contributed by atoms with Gasteiger partial charge in [0.15, 0.2) is 0 Å². The van der Waals surface area contributed by atoms with Crippen molar-refractivity contribution >= 4 is 19.0 Å². The Morgan fingerprint density at radius 2 is 2.10 bits per heavy atom. The third-order valence-corrected chi connectivity index (χ3v) is 4.84. The zero-order valence-corrected chi connectivity index (χ0v) is 17.0. The Bertz CT molecular complexity index is 1130. The van der Waals surface area contributed by atoms with Crippen LogP contribution in [0.2, 0.25) is 0 Å². The highest BCUT2D eigenvalue weighted by Gasteiger charge is 2.38. The maximum atomic E-state index is 12.8. The first-order valence-electron chi connectivity index (χ1n) is 9.81. The number of ether oxygens (including phenoxy) is 1. The first kappa shape index (κ1) is 20.6. The van der Waals surface area contributed by atoms with Gasteiger partial charge in [0, 0.05) is 18.1 Å². The molecule has 2 aromatic carbocycles. The maximum Gasteiger partial charge on any atom is 0.547 e. The van der Waals surface area contributed by atoms with Crippen molar-refractivity contribution in [3.63, 3.8) is 0 Å². The van der Waals surface area contributed by atoms with E-state index in [1.807, 2.05) is 0 Å². The van der Waals surface area contributed by atoms with E-state index >= 15 is 0 Å². The van der Waals surface area contributed by atoms with Crippen molar-refractivity contribution in [1.82, 2.24) is 15.5 Å². The molecule has 1 amide bonds. The first-order chi connectivity index (χ1) is 15.0. The number of carbonyl (C=O) groups is 2. The summed E-state index contributed by atoms with van der Waals surface area (Å²) in [6.45, 7) is 3.62. The fourth-order valence-corrected chi connectivity index (χ4v) is 3.39. The van der Waals surface area contributed by atoms with Gasteiger partial charge in [0.25, 0.3) is 5.91 Å². The molecule has 0 radical (unpaired) electrons. The summed E-state index contributed by atoms with van der Waals surface area (Å²) in [5.74, 6) is -0.536. The highest BCUT2D eigenvalue weighted by Crippen LogP contribution is 2.30. The first-order valence-corrected chi connectivity index (χ1v) is 9.81. The lowest BCUT2D eigenvalue weighted by atomic mass is 9.72. The van der Waals surface area contributed by atoms with Crippen LogP contribution in [-0.2, 0) is 11.2 Å². The van der Waals surface area contributed by atoms with Gasteiger partial charge in [0.2, 0.25) is 11.7 Å². The minimum absolute atomic E-state index is 0.228. The minimum atomic E-state index is -1.32. The molecule has 1 atom stereocenters. The Morgan fingerprint density at radius 1 is 1.29 bits per heavy atom. The van der Waals surface area contributed by atoms with Gasteiger partial charge in [-0.3, -0.25) is 4.79 Å². The molecule has 1 aliphatic heterocycles. The van der Waals surface area contributed by atoms with Crippen LogP contribution in [0.5, 0.6) is 5.75 Å². The second-order valence-corrected chi connectivity index (χ2v) is 7.02. The lowest BCUT2D eigenvalue weighted by Gasteiger charge is -2.29. The molecule has 9 nitrogen and oxygen atoms in total. The number of amides is 1. The van der Waals surface area contributed by atoms with E-state index in [0.29, 0.717) is 34.8 Å². The molecular formula is C21H20BN3O6. The van der Waals surface area contributed by atoms with E-state index in [0.717, 1.165) is 0 Å². The van der Waals surface area contributed by atoms with Crippen molar-refractivity contribution in [2.45, 2.75) is 26.2 Å². The number of fused-ring (bicyclic) bond motifs is 1. The molecule has 158 valence electrons. The molecule has 0 saturated heterocycles. The van der Waals surface area contributed by atoms with Crippen LogP contribution in [0.4, 0.5) is 0 Å². The van der Waals surface area contributed by atoms with Crippen LogP contribution in [0.15, 0.2) is 47.0 Å². The molecule has 0 fully saturated rings. The molecule has 3 aromatic rings. The second-order valence-electron chi connectivity index (χ2n) is 7.02. The molecule has 2 heterocycles. The molecule has 31 heavy (non-hydrogen) atoms. The molecule has 0 unspecified atom stereocenters. The highest BCUT2D eigenvalue weighted by atomic mass is 16.5. The maximum absolute atomic E-state index is 12.8. The van der Waals surface area contributed by atoms with Gasteiger partial charge in [-0.2, -0.15) is 4.98 Å². The molecule has 0 aliphatic carbocycles. The number of hydrogen-bond donors (Lipinski definition) is 2. The Hall–Kier alpha value is -3.66. The molecular weight excluding hydrogens is 401 g/mol. The average molecular weight is 421 g/mol. The Morgan fingerprint density at radius 3 is 2.84 bits per heavy atom. The van der Waals surface area contributed by atoms with Gasteiger partial charge in [-0.05, 0) is 37.1 Å². The van der Waals surface area contributed by atoms with Crippen molar-refractivity contribution < 1.29 is 28.5 Å². The van der Waals surface area contributed by atoms with E-state index in [1.165, 1.54) is 0 Å². The minimum Gasteiger partial charge on any atom is -0.534 e. The van der Waals surface area contributed by atoms with E-state index in [2.05, 4.69) is 15.5 Å². The van der Waals surface area contributed by atoms with Gasteiger partial charge >= 0.3 is 13.1 Å². The third kappa shape index (κ3) is 4.29. The zero-order chi connectivity index (χ0) is 22.0.